The molecule has 0 radical (unpaired) electrons. The van der Waals surface area contributed by atoms with Crippen LogP contribution >= 0.6 is 11.3 Å². The largest absolute Gasteiger partial charge is 0.274 e. The maximum absolute atomic E-state index is 11.8. The highest BCUT2D eigenvalue weighted by atomic mass is 32.1. The van der Waals surface area contributed by atoms with E-state index in [0.29, 0.717) is 5.56 Å². The Hall–Kier alpha value is -1.46. The Labute approximate surface area is 104 Å². The predicted molar refractivity (Wildman–Crippen MR) is 67.9 cm³/mol. The highest BCUT2D eigenvalue weighted by Crippen LogP contribution is 2.19. The van der Waals surface area contributed by atoms with Crippen LogP contribution in [0, 0.1) is 0 Å². The Morgan fingerprint density at radius 2 is 2.18 bits per heavy atom. The van der Waals surface area contributed by atoms with Crippen LogP contribution in [0.5, 0.6) is 0 Å². The van der Waals surface area contributed by atoms with Crippen molar-refractivity contribution in [3.8, 4) is 0 Å². The SMILES string of the molecule is CC(C)(C)ONC(=O)c1ccc2ncsc2c1. The van der Waals surface area contributed by atoms with Crippen molar-refractivity contribution in [2.45, 2.75) is 26.4 Å². The van der Waals surface area contributed by atoms with Gasteiger partial charge in [0.2, 0.25) is 0 Å². The summed E-state index contributed by atoms with van der Waals surface area (Å²) < 4.78 is 0.994. The van der Waals surface area contributed by atoms with Gasteiger partial charge in [0, 0.05) is 5.56 Å². The molecule has 90 valence electrons. The van der Waals surface area contributed by atoms with Gasteiger partial charge in [-0.25, -0.2) is 10.5 Å². The van der Waals surface area contributed by atoms with E-state index in [1.54, 1.807) is 11.6 Å². The van der Waals surface area contributed by atoms with E-state index in [4.69, 9.17) is 4.84 Å². The second-order valence-electron chi connectivity index (χ2n) is 4.68. The number of hydroxylamine groups is 1. The minimum atomic E-state index is -0.399. The number of fused-ring (bicyclic) bond motifs is 1. The Bertz CT molecular complexity index is 543. The van der Waals surface area contributed by atoms with Crippen LogP contribution in [-0.4, -0.2) is 16.5 Å². The van der Waals surface area contributed by atoms with Crippen molar-refractivity contribution < 1.29 is 9.63 Å². The number of benzene rings is 1. The second-order valence-corrected chi connectivity index (χ2v) is 5.57. The summed E-state index contributed by atoms with van der Waals surface area (Å²) in [5.74, 6) is -0.241. The Kier molecular flexibility index (Phi) is 3.13. The van der Waals surface area contributed by atoms with Crippen LogP contribution in [0.15, 0.2) is 23.7 Å². The van der Waals surface area contributed by atoms with Crippen molar-refractivity contribution in [1.82, 2.24) is 10.5 Å². The molecule has 0 aliphatic carbocycles. The molecular formula is C12H14N2O2S. The molecule has 17 heavy (non-hydrogen) atoms. The third-order valence-electron chi connectivity index (χ3n) is 2.04. The quantitative estimate of drug-likeness (QED) is 0.834. The summed E-state index contributed by atoms with van der Waals surface area (Å²) in [6, 6.07) is 5.38. The number of hydrogen-bond acceptors (Lipinski definition) is 4. The number of amides is 1. The number of hydrogen-bond donors (Lipinski definition) is 1. The summed E-state index contributed by atoms with van der Waals surface area (Å²) in [5, 5.41) is 0. The lowest BCUT2D eigenvalue weighted by Gasteiger charge is -2.18. The van der Waals surface area contributed by atoms with Crippen LogP contribution < -0.4 is 5.48 Å². The average Bonchev–Trinajstić information content (AvgIpc) is 2.71. The fraction of sp³-hybridized carbons (Fsp3) is 0.333. The molecule has 2 aromatic rings. The number of nitrogens with zero attached hydrogens (tertiary/aromatic N) is 1. The van der Waals surface area contributed by atoms with Gasteiger partial charge in [0.1, 0.15) is 0 Å². The summed E-state index contributed by atoms with van der Waals surface area (Å²) in [6.45, 7) is 5.62. The third-order valence-corrected chi connectivity index (χ3v) is 2.84. The first-order chi connectivity index (χ1) is 7.96. The molecule has 5 heteroatoms. The van der Waals surface area contributed by atoms with Crippen molar-refractivity contribution in [3.63, 3.8) is 0 Å². The second kappa shape index (κ2) is 4.43. The molecule has 1 N–H and O–H groups in total. The monoisotopic (exact) mass is 250 g/mol. The molecule has 1 heterocycles. The molecule has 0 unspecified atom stereocenters. The molecule has 4 nitrogen and oxygen atoms in total. The summed E-state index contributed by atoms with van der Waals surface area (Å²) >= 11 is 1.51. The van der Waals surface area contributed by atoms with E-state index in [1.807, 2.05) is 32.9 Å². The smallest absolute Gasteiger partial charge is 0.268 e. The Morgan fingerprint density at radius 1 is 1.41 bits per heavy atom. The lowest BCUT2D eigenvalue weighted by Crippen LogP contribution is -2.33. The highest BCUT2D eigenvalue weighted by Gasteiger charge is 2.14. The van der Waals surface area contributed by atoms with Crippen molar-refractivity contribution >= 4 is 27.5 Å². The number of nitrogens with one attached hydrogen (secondary N) is 1. The fourth-order valence-electron chi connectivity index (χ4n) is 1.25. The molecule has 0 bridgehead atoms. The van der Waals surface area contributed by atoms with Gasteiger partial charge in [0.25, 0.3) is 5.91 Å². The normalized spacial score (nSPS) is 11.7. The maximum Gasteiger partial charge on any atom is 0.274 e. The summed E-state index contributed by atoms with van der Waals surface area (Å²) in [5.41, 5.74) is 5.29. The van der Waals surface area contributed by atoms with Gasteiger partial charge in [0.05, 0.1) is 21.3 Å². The first-order valence-corrected chi connectivity index (χ1v) is 6.15. The van der Waals surface area contributed by atoms with Crippen molar-refractivity contribution in [2.24, 2.45) is 0 Å². The summed E-state index contributed by atoms with van der Waals surface area (Å²) in [7, 11) is 0. The van der Waals surface area contributed by atoms with Crippen molar-refractivity contribution in [3.05, 3.63) is 29.3 Å². The van der Waals surface area contributed by atoms with Crippen LogP contribution in [-0.2, 0) is 4.84 Å². The molecule has 0 saturated heterocycles. The molecule has 0 spiro atoms. The number of carbonyl (C=O) groups is 1. The molecule has 0 saturated carbocycles. The van der Waals surface area contributed by atoms with E-state index in [2.05, 4.69) is 10.5 Å². The average molecular weight is 250 g/mol. The number of rotatable bonds is 2. The third kappa shape index (κ3) is 3.01. The van der Waals surface area contributed by atoms with Crippen LogP contribution in [0.4, 0.5) is 0 Å². The zero-order valence-corrected chi connectivity index (χ0v) is 10.8. The van der Waals surface area contributed by atoms with Gasteiger partial charge >= 0.3 is 0 Å². The zero-order chi connectivity index (χ0) is 12.5. The molecule has 1 aromatic carbocycles. The van der Waals surface area contributed by atoms with Gasteiger partial charge in [-0.15, -0.1) is 11.3 Å². The number of carbonyl (C=O) groups excluding carboxylic acids is 1. The minimum Gasteiger partial charge on any atom is -0.268 e. The molecule has 1 amide bonds. The first kappa shape index (κ1) is 12.0. The summed E-state index contributed by atoms with van der Waals surface area (Å²) in [6.07, 6.45) is 0. The van der Waals surface area contributed by atoms with E-state index >= 15 is 0 Å². The lowest BCUT2D eigenvalue weighted by molar-refractivity contribution is -0.0589. The maximum atomic E-state index is 11.8. The van der Waals surface area contributed by atoms with Crippen molar-refractivity contribution in [2.75, 3.05) is 0 Å². The van der Waals surface area contributed by atoms with E-state index in [1.165, 1.54) is 11.3 Å². The Balaban J connectivity index is 2.13. The molecule has 0 aliphatic heterocycles. The molecule has 0 aliphatic rings. The first-order valence-electron chi connectivity index (χ1n) is 5.27. The van der Waals surface area contributed by atoms with Gasteiger partial charge in [0.15, 0.2) is 0 Å². The van der Waals surface area contributed by atoms with E-state index in [9.17, 15) is 4.79 Å². The molecule has 1 aromatic heterocycles. The van der Waals surface area contributed by atoms with Gasteiger partial charge in [-0.05, 0) is 39.0 Å². The van der Waals surface area contributed by atoms with E-state index in [0.717, 1.165) is 10.2 Å². The van der Waals surface area contributed by atoms with Gasteiger partial charge in [-0.3, -0.25) is 9.63 Å². The van der Waals surface area contributed by atoms with Crippen LogP contribution in [0.2, 0.25) is 0 Å². The van der Waals surface area contributed by atoms with Crippen molar-refractivity contribution in [1.29, 1.82) is 0 Å². The van der Waals surface area contributed by atoms with Gasteiger partial charge in [-0.2, -0.15) is 0 Å². The number of aromatic nitrogens is 1. The van der Waals surface area contributed by atoms with E-state index < -0.39 is 5.60 Å². The molecular weight excluding hydrogens is 236 g/mol. The van der Waals surface area contributed by atoms with Crippen LogP contribution in [0.1, 0.15) is 31.1 Å². The highest BCUT2D eigenvalue weighted by molar-refractivity contribution is 7.16. The summed E-state index contributed by atoms with van der Waals surface area (Å²) in [4.78, 5) is 21.2. The predicted octanol–water partition coefficient (Wildman–Crippen LogP) is 2.76. The van der Waals surface area contributed by atoms with Gasteiger partial charge < -0.3 is 0 Å². The standard InChI is InChI=1S/C12H14N2O2S/c1-12(2,3)16-14-11(15)8-4-5-9-10(6-8)17-7-13-9/h4-7H,1-3H3,(H,14,15). The fourth-order valence-corrected chi connectivity index (χ4v) is 1.97. The molecule has 0 fully saturated rings. The lowest BCUT2D eigenvalue weighted by atomic mass is 10.2. The topological polar surface area (TPSA) is 51.2 Å². The van der Waals surface area contributed by atoms with Crippen LogP contribution in [0.25, 0.3) is 10.2 Å². The molecule has 0 atom stereocenters. The van der Waals surface area contributed by atoms with Gasteiger partial charge in [-0.1, -0.05) is 0 Å². The zero-order valence-electron chi connectivity index (χ0n) is 9.98. The molecule has 2 rings (SSSR count). The van der Waals surface area contributed by atoms with Crippen LogP contribution in [0.3, 0.4) is 0 Å². The number of thiazole rings is 1. The Morgan fingerprint density at radius 3 is 2.88 bits per heavy atom. The van der Waals surface area contributed by atoms with E-state index in [-0.39, 0.29) is 5.91 Å². The minimum absolute atomic E-state index is 0.241.